The van der Waals surface area contributed by atoms with Crippen LogP contribution in [0.5, 0.6) is 5.75 Å². The molecule has 0 radical (unpaired) electrons. The average Bonchev–Trinajstić information content (AvgIpc) is 2.61. The molecule has 4 rings (SSSR count). The van der Waals surface area contributed by atoms with E-state index in [4.69, 9.17) is 9.72 Å². The summed E-state index contributed by atoms with van der Waals surface area (Å²) in [6.45, 7) is 2.09. The molecular formula is C21H19N2O+. The maximum absolute atomic E-state index is 5.32. The Kier molecular flexibility index (Phi) is 3.42. The highest BCUT2D eigenvalue weighted by Crippen LogP contribution is 2.27. The van der Waals surface area contributed by atoms with Gasteiger partial charge in [-0.05, 0) is 53.2 Å². The summed E-state index contributed by atoms with van der Waals surface area (Å²) in [5, 5.41) is 3.54. The zero-order valence-electron chi connectivity index (χ0n) is 14.1. The van der Waals surface area contributed by atoms with Crippen molar-refractivity contribution in [1.29, 1.82) is 0 Å². The largest absolute Gasteiger partial charge is 0.497 e. The van der Waals surface area contributed by atoms with Gasteiger partial charge in [-0.3, -0.25) is 0 Å². The first-order valence-electron chi connectivity index (χ1n) is 8.00. The highest BCUT2D eigenvalue weighted by Gasteiger charge is 2.19. The Hall–Kier alpha value is -2.94. The van der Waals surface area contributed by atoms with Crippen LogP contribution in [0.15, 0.2) is 60.8 Å². The first-order valence-corrected chi connectivity index (χ1v) is 8.00. The molecule has 1 aromatic heterocycles. The summed E-state index contributed by atoms with van der Waals surface area (Å²) >= 11 is 0. The monoisotopic (exact) mass is 315 g/mol. The van der Waals surface area contributed by atoms with Crippen LogP contribution in [0.1, 0.15) is 5.56 Å². The number of hydrogen-bond donors (Lipinski definition) is 0. The predicted molar refractivity (Wildman–Crippen MR) is 97.2 cm³/mol. The molecule has 24 heavy (non-hydrogen) atoms. The van der Waals surface area contributed by atoms with Crippen LogP contribution in [-0.2, 0) is 7.05 Å². The minimum atomic E-state index is 0.866. The Bertz CT molecular complexity index is 1070. The number of benzene rings is 3. The Morgan fingerprint density at radius 2 is 1.75 bits per heavy atom. The minimum absolute atomic E-state index is 0.866. The number of methoxy groups -OCH3 is 1. The van der Waals surface area contributed by atoms with Gasteiger partial charge in [0.1, 0.15) is 11.9 Å². The molecule has 1 heterocycles. The first-order chi connectivity index (χ1) is 11.7. The van der Waals surface area contributed by atoms with Crippen molar-refractivity contribution in [2.75, 3.05) is 7.11 Å². The standard InChI is InChI=1S/C21H19N2O/c1-14-12-17(24-3)10-11-18(14)21-22-20-16(13-23(21)2)9-8-15-6-4-5-7-19(15)20/h4-13H,1-3H3/q+1. The summed E-state index contributed by atoms with van der Waals surface area (Å²) in [6, 6.07) is 18.8. The fraction of sp³-hybridized carbons (Fsp3) is 0.143. The van der Waals surface area contributed by atoms with Crippen LogP contribution in [0.3, 0.4) is 0 Å². The van der Waals surface area contributed by atoms with Crippen molar-refractivity contribution < 1.29 is 9.30 Å². The number of aromatic nitrogens is 2. The molecule has 0 saturated carbocycles. The molecule has 3 heteroatoms. The van der Waals surface area contributed by atoms with Crippen LogP contribution in [0.4, 0.5) is 0 Å². The molecule has 0 saturated heterocycles. The lowest BCUT2D eigenvalue weighted by Gasteiger charge is -2.07. The van der Waals surface area contributed by atoms with Gasteiger partial charge in [-0.15, -0.1) is 0 Å². The molecule has 3 nitrogen and oxygen atoms in total. The third kappa shape index (κ3) is 2.29. The molecule has 0 aliphatic carbocycles. The van der Waals surface area contributed by atoms with Gasteiger partial charge < -0.3 is 4.74 Å². The van der Waals surface area contributed by atoms with E-state index >= 15 is 0 Å². The lowest BCUT2D eigenvalue weighted by Crippen LogP contribution is -2.32. The fourth-order valence-electron chi connectivity index (χ4n) is 3.22. The quantitative estimate of drug-likeness (QED) is 0.409. The molecule has 0 bridgehead atoms. The summed E-state index contributed by atoms with van der Waals surface area (Å²) in [7, 11) is 3.73. The molecular weight excluding hydrogens is 296 g/mol. The third-order valence-electron chi connectivity index (χ3n) is 4.49. The maximum Gasteiger partial charge on any atom is 0.331 e. The van der Waals surface area contributed by atoms with E-state index < -0.39 is 0 Å². The number of hydrogen-bond acceptors (Lipinski definition) is 2. The molecule has 118 valence electrons. The number of rotatable bonds is 2. The molecule has 0 unspecified atom stereocenters. The molecule has 0 N–H and O–H groups in total. The smallest absolute Gasteiger partial charge is 0.331 e. The van der Waals surface area contributed by atoms with E-state index in [1.807, 2.05) is 19.2 Å². The van der Waals surface area contributed by atoms with Crippen LogP contribution < -0.4 is 9.30 Å². The van der Waals surface area contributed by atoms with Gasteiger partial charge in [-0.25, -0.2) is 4.57 Å². The van der Waals surface area contributed by atoms with Gasteiger partial charge in [-0.1, -0.05) is 24.3 Å². The van der Waals surface area contributed by atoms with E-state index in [2.05, 4.69) is 60.2 Å². The van der Waals surface area contributed by atoms with Crippen molar-refractivity contribution in [3.05, 3.63) is 66.4 Å². The molecule has 3 aromatic carbocycles. The van der Waals surface area contributed by atoms with Crippen molar-refractivity contribution in [3.8, 4) is 17.1 Å². The van der Waals surface area contributed by atoms with E-state index in [1.54, 1.807) is 7.11 Å². The van der Waals surface area contributed by atoms with Gasteiger partial charge >= 0.3 is 5.82 Å². The highest BCUT2D eigenvalue weighted by molar-refractivity contribution is 6.04. The normalized spacial score (nSPS) is 11.1. The van der Waals surface area contributed by atoms with Gasteiger partial charge in [0.05, 0.1) is 25.1 Å². The first kappa shape index (κ1) is 14.6. The number of fused-ring (bicyclic) bond motifs is 3. The Morgan fingerprint density at radius 3 is 2.54 bits per heavy atom. The van der Waals surface area contributed by atoms with Crippen molar-refractivity contribution in [3.63, 3.8) is 0 Å². The fourth-order valence-corrected chi connectivity index (χ4v) is 3.22. The summed E-state index contributed by atoms with van der Waals surface area (Å²) < 4.78 is 7.41. The van der Waals surface area contributed by atoms with Crippen molar-refractivity contribution in [2.24, 2.45) is 7.05 Å². The maximum atomic E-state index is 5.32. The highest BCUT2D eigenvalue weighted by atomic mass is 16.5. The molecule has 0 atom stereocenters. The topological polar surface area (TPSA) is 26.0 Å². The predicted octanol–water partition coefficient (Wildman–Crippen LogP) is 4.20. The van der Waals surface area contributed by atoms with Gasteiger partial charge in [0.15, 0.2) is 5.52 Å². The van der Waals surface area contributed by atoms with Crippen LogP contribution in [-0.4, -0.2) is 12.1 Å². The van der Waals surface area contributed by atoms with Crippen LogP contribution in [0.25, 0.3) is 33.1 Å². The summed E-state index contributed by atoms with van der Waals surface area (Å²) in [6.07, 6.45) is 2.15. The number of ether oxygens (including phenoxy) is 1. The Morgan fingerprint density at radius 1 is 0.958 bits per heavy atom. The number of aryl methyl sites for hydroxylation is 2. The number of nitrogens with zero attached hydrogens (tertiary/aromatic N) is 2. The van der Waals surface area contributed by atoms with E-state index in [9.17, 15) is 0 Å². The van der Waals surface area contributed by atoms with E-state index in [1.165, 1.54) is 10.8 Å². The molecule has 0 aliphatic rings. The van der Waals surface area contributed by atoms with Crippen LogP contribution in [0, 0.1) is 6.92 Å². The second kappa shape index (κ2) is 5.60. The Balaban J connectivity index is 2.02. The van der Waals surface area contributed by atoms with Gasteiger partial charge in [0.25, 0.3) is 0 Å². The molecule has 0 amide bonds. The second-order valence-electron chi connectivity index (χ2n) is 6.08. The lowest BCUT2D eigenvalue weighted by molar-refractivity contribution is -0.661. The van der Waals surface area contributed by atoms with Gasteiger partial charge in [0.2, 0.25) is 0 Å². The third-order valence-corrected chi connectivity index (χ3v) is 4.49. The SMILES string of the molecule is COc1ccc(-c2nc3c(ccc4ccccc43)c[n+]2C)c(C)c1. The second-order valence-corrected chi connectivity index (χ2v) is 6.08. The molecule has 0 spiro atoms. The molecule has 0 fully saturated rings. The minimum Gasteiger partial charge on any atom is -0.497 e. The van der Waals surface area contributed by atoms with Gasteiger partial charge in [-0.2, -0.15) is 0 Å². The van der Waals surface area contributed by atoms with E-state index in [-0.39, 0.29) is 0 Å². The van der Waals surface area contributed by atoms with Crippen molar-refractivity contribution in [2.45, 2.75) is 6.92 Å². The summed E-state index contributed by atoms with van der Waals surface area (Å²) in [5.41, 5.74) is 3.31. The van der Waals surface area contributed by atoms with Crippen LogP contribution >= 0.6 is 0 Å². The van der Waals surface area contributed by atoms with E-state index in [0.29, 0.717) is 0 Å². The average molecular weight is 315 g/mol. The summed E-state index contributed by atoms with van der Waals surface area (Å²) in [4.78, 5) is 5.01. The van der Waals surface area contributed by atoms with E-state index in [0.717, 1.165) is 33.6 Å². The zero-order chi connectivity index (χ0) is 16.7. The van der Waals surface area contributed by atoms with Gasteiger partial charge in [0, 0.05) is 5.39 Å². The van der Waals surface area contributed by atoms with Crippen molar-refractivity contribution in [1.82, 2.24) is 4.98 Å². The molecule has 4 aromatic rings. The van der Waals surface area contributed by atoms with Crippen LogP contribution in [0.2, 0.25) is 0 Å². The zero-order valence-corrected chi connectivity index (χ0v) is 14.1. The summed E-state index contributed by atoms with van der Waals surface area (Å²) in [5.74, 6) is 1.82. The lowest BCUT2D eigenvalue weighted by atomic mass is 10.1. The molecule has 0 aliphatic heterocycles. The van der Waals surface area contributed by atoms with Crippen molar-refractivity contribution >= 4 is 21.7 Å². The Labute approximate surface area is 141 Å².